The van der Waals surface area contributed by atoms with Gasteiger partial charge in [0.25, 0.3) is 10.0 Å². The van der Waals surface area contributed by atoms with E-state index in [4.69, 9.17) is 23.2 Å². The maximum Gasteiger partial charge on any atom is 0.264 e. The van der Waals surface area contributed by atoms with Gasteiger partial charge in [-0.05, 0) is 79.8 Å². The molecule has 0 aliphatic carbocycles. The van der Waals surface area contributed by atoms with Crippen molar-refractivity contribution in [3.8, 4) is 0 Å². The minimum Gasteiger partial charge on any atom is -0.354 e. The number of hydrogen-bond acceptors (Lipinski definition) is 4. The van der Waals surface area contributed by atoms with Crippen LogP contribution in [0.5, 0.6) is 0 Å². The van der Waals surface area contributed by atoms with Crippen molar-refractivity contribution in [2.24, 2.45) is 0 Å². The lowest BCUT2D eigenvalue weighted by molar-refractivity contribution is -0.140. The van der Waals surface area contributed by atoms with E-state index in [9.17, 15) is 18.0 Å². The Kier molecular flexibility index (Phi) is 11.9. The number of benzene rings is 4. The van der Waals surface area contributed by atoms with Crippen molar-refractivity contribution in [3.63, 3.8) is 0 Å². The predicted molar refractivity (Wildman–Crippen MR) is 186 cm³/mol. The molecule has 0 bridgehead atoms. The highest BCUT2D eigenvalue weighted by Crippen LogP contribution is 2.30. The summed E-state index contributed by atoms with van der Waals surface area (Å²) >= 11 is 12.8. The molecule has 0 radical (unpaired) electrons. The third-order valence-electron chi connectivity index (χ3n) is 7.70. The molecule has 0 heterocycles. The smallest absolute Gasteiger partial charge is 0.264 e. The molecule has 2 amide bonds. The summed E-state index contributed by atoms with van der Waals surface area (Å²) in [5.74, 6) is -0.904. The molecule has 242 valence electrons. The van der Waals surface area contributed by atoms with E-state index < -0.39 is 28.5 Å². The van der Waals surface area contributed by atoms with Crippen molar-refractivity contribution >= 4 is 50.7 Å². The van der Waals surface area contributed by atoms with Gasteiger partial charge in [-0.3, -0.25) is 13.9 Å². The lowest BCUT2D eigenvalue weighted by Gasteiger charge is -2.34. The van der Waals surface area contributed by atoms with Crippen LogP contribution in [0, 0.1) is 20.8 Å². The van der Waals surface area contributed by atoms with Gasteiger partial charge in [-0.25, -0.2) is 8.42 Å². The first-order valence-electron chi connectivity index (χ1n) is 15.1. The Morgan fingerprint density at radius 2 is 1.52 bits per heavy atom. The monoisotopic (exact) mass is 679 g/mol. The summed E-state index contributed by atoms with van der Waals surface area (Å²) in [6, 6.07) is 25.4. The summed E-state index contributed by atoms with van der Waals surface area (Å²) in [6.45, 7) is 7.32. The number of amides is 2. The maximum absolute atomic E-state index is 14.6. The molecule has 7 nitrogen and oxygen atoms in total. The van der Waals surface area contributed by atoms with Gasteiger partial charge in [-0.1, -0.05) is 96.4 Å². The lowest BCUT2D eigenvalue weighted by Crippen LogP contribution is -2.53. The van der Waals surface area contributed by atoms with Gasteiger partial charge in [0.2, 0.25) is 11.8 Å². The number of nitrogens with zero attached hydrogens (tertiary/aromatic N) is 2. The molecular weight excluding hydrogens is 641 g/mol. The number of hydrogen-bond donors (Lipinski definition) is 1. The van der Waals surface area contributed by atoms with Crippen LogP contribution in [0.25, 0.3) is 0 Å². The Bertz CT molecular complexity index is 1780. The van der Waals surface area contributed by atoms with E-state index in [0.29, 0.717) is 39.8 Å². The minimum atomic E-state index is -4.20. The second-order valence-electron chi connectivity index (χ2n) is 11.4. The zero-order valence-electron chi connectivity index (χ0n) is 26.5. The number of nitrogens with one attached hydrogen (secondary N) is 1. The number of aryl methyl sites for hydroxylation is 3. The number of carbonyl (C=O) groups excluding carboxylic acids is 2. The molecule has 4 aromatic carbocycles. The minimum absolute atomic E-state index is 0.0445. The Morgan fingerprint density at radius 1 is 0.848 bits per heavy atom. The summed E-state index contributed by atoms with van der Waals surface area (Å²) < 4.78 is 29.7. The molecule has 0 unspecified atom stereocenters. The molecule has 0 saturated carbocycles. The highest BCUT2D eigenvalue weighted by molar-refractivity contribution is 7.92. The number of rotatable bonds is 13. The highest BCUT2D eigenvalue weighted by Gasteiger charge is 2.35. The van der Waals surface area contributed by atoms with Gasteiger partial charge in [0.15, 0.2) is 0 Å². The lowest BCUT2D eigenvalue weighted by atomic mass is 10.0. The van der Waals surface area contributed by atoms with E-state index in [-0.39, 0.29) is 23.8 Å². The second kappa shape index (κ2) is 15.6. The van der Waals surface area contributed by atoms with E-state index in [1.165, 1.54) is 17.0 Å². The molecule has 46 heavy (non-hydrogen) atoms. The first kappa shape index (κ1) is 35.0. The zero-order chi connectivity index (χ0) is 33.4. The first-order valence-corrected chi connectivity index (χ1v) is 17.3. The predicted octanol–water partition coefficient (Wildman–Crippen LogP) is 7.28. The van der Waals surface area contributed by atoms with Gasteiger partial charge in [0.1, 0.15) is 12.6 Å². The number of anilines is 1. The van der Waals surface area contributed by atoms with Crippen LogP contribution in [-0.2, 0) is 32.6 Å². The molecule has 1 atom stereocenters. The molecule has 0 spiro atoms. The van der Waals surface area contributed by atoms with Crippen molar-refractivity contribution in [2.75, 3.05) is 17.4 Å². The maximum atomic E-state index is 14.6. The molecule has 0 fully saturated rings. The van der Waals surface area contributed by atoms with Gasteiger partial charge in [-0.2, -0.15) is 0 Å². The van der Waals surface area contributed by atoms with Crippen molar-refractivity contribution < 1.29 is 18.0 Å². The second-order valence-corrected chi connectivity index (χ2v) is 14.1. The van der Waals surface area contributed by atoms with Crippen molar-refractivity contribution in [2.45, 2.75) is 58.0 Å². The molecule has 0 aromatic heterocycles. The summed E-state index contributed by atoms with van der Waals surface area (Å²) in [7, 11) is -4.20. The van der Waals surface area contributed by atoms with E-state index in [0.717, 1.165) is 21.0 Å². The summed E-state index contributed by atoms with van der Waals surface area (Å²) in [5, 5.41) is 3.70. The number of carbonyl (C=O) groups is 2. The Balaban J connectivity index is 1.85. The quantitative estimate of drug-likeness (QED) is 0.161. The summed E-state index contributed by atoms with van der Waals surface area (Å²) in [4.78, 5) is 29.9. The molecule has 10 heteroatoms. The molecule has 0 saturated heterocycles. The topological polar surface area (TPSA) is 86.8 Å². The largest absolute Gasteiger partial charge is 0.354 e. The van der Waals surface area contributed by atoms with Gasteiger partial charge in [0.05, 0.1) is 10.6 Å². The van der Waals surface area contributed by atoms with Gasteiger partial charge in [-0.15, -0.1) is 0 Å². The highest BCUT2D eigenvalue weighted by atomic mass is 35.5. The van der Waals surface area contributed by atoms with E-state index in [1.54, 1.807) is 43.3 Å². The summed E-state index contributed by atoms with van der Waals surface area (Å²) in [6.07, 6.45) is 0.914. The van der Waals surface area contributed by atoms with Gasteiger partial charge >= 0.3 is 0 Å². The van der Waals surface area contributed by atoms with Crippen LogP contribution in [-0.4, -0.2) is 44.3 Å². The van der Waals surface area contributed by atoms with E-state index in [1.807, 2.05) is 63.2 Å². The molecule has 4 rings (SSSR count). The van der Waals surface area contributed by atoms with Crippen LogP contribution < -0.4 is 9.62 Å². The zero-order valence-corrected chi connectivity index (χ0v) is 28.8. The van der Waals surface area contributed by atoms with Crippen LogP contribution >= 0.6 is 23.2 Å². The van der Waals surface area contributed by atoms with Gasteiger partial charge in [0, 0.05) is 29.6 Å². The van der Waals surface area contributed by atoms with Gasteiger partial charge < -0.3 is 10.2 Å². The van der Waals surface area contributed by atoms with Crippen molar-refractivity contribution in [1.82, 2.24) is 10.2 Å². The molecule has 0 aliphatic heterocycles. The Labute approximate surface area is 282 Å². The van der Waals surface area contributed by atoms with Crippen molar-refractivity contribution in [1.29, 1.82) is 0 Å². The molecular formula is C36H39Cl2N3O4S. The van der Waals surface area contributed by atoms with Crippen LogP contribution in [0.4, 0.5) is 5.69 Å². The molecule has 4 aromatic rings. The summed E-state index contributed by atoms with van der Waals surface area (Å²) in [5.41, 5.74) is 4.22. The standard InChI is InChI=1S/C36H39Cl2N3O4S/c1-5-19-39-36(43)34(21-28-9-7-6-8-10-28)40(23-29-15-16-30(37)22-32(29)38)35(42)24-41(33-20-26(3)11-14-27(33)4)46(44,45)31-17-12-25(2)13-18-31/h6-18,20,22,34H,5,19,21,23-24H2,1-4H3,(H,39,43)/t34-/m1/s1. The average Bonchev–Trinajstić information content (AvgIpc) is 3.03. The Morgan fingerprint density at radius 3 is 2.17 bits per heavy atom. The Hall–Kier alpha value is -3.85. The van der Waals surface area contributed by atoms with E-state index >= 15 is 0 Å². The molecule has 1 N–H and O–H groups in total. The number of sulfonamides is 1. The first-order chi connectivity index (χ1) is 21.9. The van der Waals surface area contributed by atoms with Crippen LogP contribution in [0.15, 0.2) is 95.9 Å². The fourth-order valence-corrected chi connectivity index (χ4v) is 7.03. The molecule has 0 aliphatic rings. The van der Waals surface area contributed by atoms with Crippen LogP contribution in [0.3, 0.4) is 0 Å². The normalized spacial score (nSPS) is 12.0. The fourth-order valence-electron chi connectivity index (χ4n) is 5.09. The van der Waals surface area contributed by atoms with Crippen LogP contribution in [0.1, 0.15) is 41.2 Å². The average molecular weight is 681 g/mol. The third kappa shape index (κ3) is 8.69. The van der Waals surface area contributed by atoms with E-state index in [2.05, 4.69) is 5.32 Å². The SMILES string of the molecule is CCCNC(=O)[C@@H](Cc1ccccc1)N(Cc1ccc(Cl)cc1Cl)C(=O)CN(c1cc(C)ccc1C)S(=O)(=O)c1ccc(C)cc1. The van der Waals surface area contributed by atoms with Crippen LogP contribution in [0.2, 0.25) is 10.0 Å². The third-order valence-corrected chi connectivity index (χ3v) is 10.1. The fraction of sp³-hybridized carbons (Fsp3) is 0.278. The number of halogens is 2. The van der Waals surface area contributed by atoms with Crippen molar-refractivity contribution in [3.05, 3.63) is 129 Å².